The van der Waals surface area contributed by atoms with Crippen LogP contribution in [0.25, 0.3) is 0 Å². The number of nitrogens with two attached hydrogens (primary N) is 1. The second kappa shape index (κ2) is 3.73. The first kappa shape index (κ1) is 11.1. The van der Waals surface area contributed by atoms with Gasteiger partial charge in [-0.1, -0.05) is 26.7 Å². The summed E-state index contributed by atoms with van der Waals surface area (Å²) in [4.78, 5) is 0. The molecule has 3 fully saturated rings. The lowest BCUT2D eigenvalue weighted by Crippen LogP contribution is -2.53. The molecule has 0 heterocycles. The molecule has 0 aromatic carbocycles. The molecule has 3 rings (SSSR count). The maximum atomic E-state index is 6.83. The molecule has 0 spiro atoms. The van der Waals surface area contributed by atoms with Gasteiger partial charge >= 0.3 is 0 Å². The molecular formula is C15H27N. The molecule has 1 nitrogen and oxygen atoms in total. The van der Waals surface area contributed by atoms with Crippen molar-refractivity contribution in [3.8, 4) is 0 Å². The van der Waals surface area contributed by atoms with Gasteiger partial charge in [-0.15, -0.1) is 0 Å². The molecule has 2 N–H and O–H groups in total. The van der Waals surface area contributed by atoms with E-state index in [4.69, 9.17) is 5.73 Å². The summed E-state index contributed by atoms with van der Waals surface area (Å²) in [5.74, 6) is 4.72. The van der Waals surface area contributed by atoms with Gasteiger partial charge in [0.1, 0.15) is 0 Å². The van der Waals surface area contributed by atoms with Gasteiger partial charge in [0.25, 0.3) is 0 Å². The molecule has 3 aliphatic carbocycles. The molecule has 3 aliphatic rings. The van der Waals surface area contributed by atoms with Crippen LogP contribution in [0.1, 0.15) is 58.8 Å². The standard InChI is InChI=1S/C15H27N/c1-3-5-10(2)15(16)9-11-8-14(15)13-7-4-6-12(11)13/h10-14H,3-9,16H2,1-2H3. The summed E-state index contributed by atoms with van der Waals surface area (Å²) in [5.41, 5.74) is 7.04. The van der Waals surface area contributed by atoms with Crippen molar-refractivity contribution < 1.29 is 0 Å². The molecule has 0 aromatic heterocycles. The molecular weight excluding hydrogens is 194 g/mol. The molecule has 6 atom stereocenters. The zero-order chi connectivity index (χ0) is 11.3. The Labute approximate surface area is 100 Å². The van der Waals surface area contributed by atoms with Crippen LogP contribution in [0, 0.1) is 29.6 Å². The molecule has 0 amide bonds. The fraction of sp³-hybridized carbons (Fsp3) is 1.00. The number of hydrogen-bond acceptors (Lipinski definition) is 1. The van der Waals surface area contributed by atoms with Gasteiger partial charge in [-0.2, -0.15) is 0 Å². The number of fused-ring (bicyclic) bond motifs is 5. The van der Waals surface area contributed by atoms with Gasteiger partial charge in [0, 0.05) is 5.54 Å². The molecule has 6 unspecified atom stereocenters. The first-order valence-electron chi connectivity index (χ1n) is 7.45. The minimum Gasteiger partial charge on any atom is -0.325 e. The smallest absolute Gasteiger partial charge is 0.0214 e. The Morgan fingerprint density at radius 2 is 2.06 bits per heavy atom. The Morgan fingerprint density at radius 3 is 2.81 bits per heavy atom. The number of rotatable bonds is 3. The maximum Gasteiger partial charge on any atom is 0.0214 e. The molecule has 2 bridgehead atoms. The van der Waals surface area contributed by atoms with Gasteiger partial charge in [-0.3, -0.25) is 0 Å². The summed E-state index contributed by atoms with van der Waals surface area (Å²) in [7, 11) is 0. The lowest BCUT2D eigenvalue weighted by Gasteiger charge is -2.44. The molecule has 1 heteroatoms. The third-order valence-corrected chi connectivity index (χ3v) is 6.25. The molecule has 3 saturated carbocycles. The normalized spacial score (nSPS) is 51.9. The van der Waals surface area contributed by atoms with Crippen molar-refractivity contribution in [2.75, 3.05) is 0 Å². The Bertz CT molecular complexity index is 275. The van der Waals surface area contributed by atoms with E-state index in [1.807, 2.05) is 0 Å². The molecule has 16 heavy (non-hydrogen) atoms. The number of hydrogen-bond donors (Lipinski definition) is 1. The summed E-state index contributed by atoms with van der Waals surface area (Å²) >= 11 is 0. The largest absolute Gasteiger partial charge is 0.325 e. The van der Waals surface area contributed by atoms with E-state index in [1.54, 1.807) is 0 Å². The van der Waals surface area contributed by atoms with Gasteiger partial charge < -0.3 is 5.73 Å². The van der Waals surface area contributed by atoms with Crippen LogP contribution in [0.3, 0.4) is 0 Å². The molecule has 0 aromatic rings. The quantitative estimate of drug-likeness (QED) is 0.774. The molecule has 0 saturated heterocycles. The average Bonchev–Trinajstić information content (AvgIpc) is 2.87. The SMILES string of the molecule is CCCC(C)C1(N)CC2CC1C1CCCC21. The van der Waals surface area contributed by atoms with Gasteiger partial charge in [0.15, 0.2) is 0 Å². The van der Waals surface area contributed by atoms with Crippen LogP contribution in [0.2, 0.25) is 0 Å². The highest BCUT2D eigenvalue weighted by Crippen LogP contribution is 2.63. The monoisotopic (exact) mass is 221 g/mol. The Hall–Kier alpha value is -0.0400. The first-order valence-corrected chi connectivity index (χ1v) is 7.45. The molecule has 0 aliphatic heterocycles. The van der Waals surface area contributed by atoms with E-state index in [0.717, 1.165) is 29.6 Å². The average molecular weight is 221 g/mol. The highest BCUT2D eigenvalue weighted by molar-refractivity contribution is 5.13. The van der Waals surface area contributed by atoms with Crippen molar-refractivity contribution in [1.29, 1.82) is 0 Å². The fourth-order valence-corrected chi connectivity index (χ4v) is 5.50. The summed E-state index contributed by atoms with van der Waals surface area (Å²) in [5, 5.41) is 0. The first-order chi connectivity index (χ1) is 7.66. The third kappa shape index (κ3) is 1.33. The van der Waals surface area contributed by atoms with Crippen LogP contribution in [0.5, 0.6) is 0 Å². The van der Waals surface area contributed by atoms with E-state index in [9.17, 15) is 0 Å². The Balaban J connectivity index is 1.79. The summed E-state index contributed by atoms with van der Waals surface area (Å²) in [6, 6.07) is 0. The van der Waals surface area contributed by atoms with Crippen LogP contribution in [-0.2, 0) is 0 Å². The lowest BCUT2D eigenvalue weighted by atomic mass is 9.65. The second-order valence-corrected chi connectivity index (χ2v) is 6.87. The van der Waals surface area contributed by atoms with E-state index in [0.29, 0.717) is 0 Å². The minimum atomic E-state index is 0.214. The minimum absolute atomic E-state index is 0.214. The van der Waals surface area contributed by atoms with Crippen molar-refractivity contribution in [2.24, 2.45) is 35.3 Å². The zero-order valence-corrected chi connectivity index (χ0v) is 10.9. The lowest BCUT2D eigenvalue weighted by molar-refractivity contribution is 0.104. The Morgan fingerprint density at radius 1 is 1.31 bits per heavy atom. The van der Waals surface area contributed by atoms with Crippen molar-refractivity contribution >= 4 is 0 Å². The van der Waals surface area contributed by atoms with Crippen molar-refractivity contribution in [3.63, 3.8) is 0 Å². The molecule has 92 valence electrons. The highest BCUT2D eigenvalue weighted by atomic mass is 14.8. The van der Waals surface area contributed by atoms with E-state index >= 15 is 0 Å². The predicted octanol–water partition coefficient (Wildman–Crippen LogP) is 3.58. The van der Waals surface area contributed by atoms with Crippen LogP contribution < -0.4 is 5.73 Å². The van der Waals surface area contributed by atoms with E-state index in [-0.39, 0.29) is 5.54 Å². The van der Waals surface area contributed by atoms with E-state index in [2.05, 4.69) is 13.8 Å². The summed E-state index contributed by atoms with van der Waals surface area (Å²) < 4.78 is 0. The van der Waals surface area contributed by atoms with Gasteiger partial charge in [0.05, 0.1) is 0 Å². The van der Waals surface area contributed by atoms with Crippen LogP contribution in [0.15, 0.2) is 0 Å². The highest BCUT2D eigenvalue weighted by Gasteiger charge is 2.60. The van der Waals surface area contributed by atoms with Crippen LogP contribution >= 0.6 is 0 Å². The van der Waals surface area contributed by atoms with Crippen molar-refractivity contribution in [1.82, 2.24) is 0 Å². The maximum absolute atomic E-state index is 6.83. The van der Waals surface area contributed by atoms with E-state index < -0.39 is 0 Å². The van der Waals surface area contributed by atoms with Crippen LogP contribution in [0.4, 0.5) is 0 Å². The van der Waals surface area contributed by atoms with E-state index in [1.165, 1.54) is 44.9 Å². The summed E-state index contributed by atoms with van der Waals surface area (Å²) in [6.07, 6.45) is 9.94. The molecule has 0 radical (unpaired) electrons. The zero-order valence-electron chi connectivity index (χ0n) is 10.9. The predicted molar refractivity (Wildman–Crippen MR) is 68.0 cm³/mol. The van der Waals surface area contributed by atoms with Gasteiger partial charge in [0.2, 0.25) is 0 Å². The summed E-state index contributed by atoms with van der Waals surface area (Å²) in [6.45, 7) is 4.71. The van der Waals surface area contributed by atoms with Crippen LogP contribution in [-0.4, -0.2) is 5.54 Å². The second-order valence-electron chi connectivity index (χ2n) is 6.87. The topological polar surface area (TPSA) is 26.0 Å². The van der Waals surface area contributed by atoms with Gasteiger partial charge in [-0.25, -0.2) is 0 Å². The fourth-order valence-electron chi connectivity index (χ4n) is 5.50. The van der Waals surface area contributed by atoms with Gasteiger partial charge in [-0.05, 0) is 61.7 Å². The van der Waals surface area contributed by atoms with Crippen molar-refractivity contribution in [2.45, 2.75) is 64.3 Å². The Kier molecular flexibility index (Phi) is 2.58. The van der Waals surface area contributed by atoms with Crippen molar-refractivity contribution in [3.05, 3.63) is 0 Å². The third-order valence-electron chi connectivity index (χ3n) is 6.25.